The SMILES string of the molecule is COCCN(Cc1ccco1)C(=O)CNC(=O)Cc1ccccc1. The lowest BCUT2D eigenvalue weighted by Crippen LogP contribution is -2.41. The number of methoxy groups -OCH3 is 1. The summed E-state index contributed by atoms with van der Waals surface area (Å²) in [6, 6.07) is 13.0. The lowest BCUT2D eigenvalue weighted by Gasteiger charge is -2.21. The molecule has 2 aromatic rings. The van der Waals surface area contributed by atoms with E-state index in [4.69, 9.17) is 9.15 Å². The molecule has 1 N–H and O–H groups in total. The minimum atomic E-state index is -0.181. The highest BCUT2D eigenvalue weighted by Crippen LogP contribution is 2.06. The molecule has 0 bridgehead atoms. The first kappa shape index (κ1) is 17.7. The first-order valence-electron chi connectivity index (χ1n) is 7.78. The summed E-state index contributed by atoms with van der Waals surface area (Å²) in [4.78, 5) is 25.9. The summed E-state index contributed by atoms with van der Waals surface area (Å²) in [5, 5.41) is 2.67. The van der Waals surface area contributed by atoms with Gasteiger partial charge in [-0.05, 0) is 17.7 Å². The maximum atomic E-state index is 12.3. The van der Waals surface area contributed by atoms with Gasteiger partial charge in [0.2, 0.25) is 11.8 Å². The van der Waals surface area contributed by atoms with Crippen LogP contribution < -0.4 is 5.32 Å². The van der Waals surface area contributed by atoms with E-state index in [0.29, 0.717) is 25.5 Å². The molecular weight excluding hydrogens is 308 g/mol. The Kier molecular flexibility index (Phi) is 7.04. The summed E-state index contributed by atoms with van der Waals surface area (Å²) in [6.45, 7) is 1.16. The zero-order valence-corrected chi connectivity index (χ0v) is 13.7. The Labute approximate surface area is 141 Å². The number of furan rings is 1. The Morgan fingerprint density at radius 2 is 1.96 bits per heavy atom. The number of nitrogens with zero attached hydrogens (tertiary/aromatic N) is 1. The zero-order valence-electron chi connectivity index (χ0n) is 13.7. The van der Waals surface area contributed by atoms with Crippen LogP contribution in [0.3, 0.4) is 0 Å². The van der Waals surface area contributed by atoms with E-state index in [1.165, 1.54) is 0 Å². The second-order valence-electron chi connectivity index (χ2n) is 5.33. The topological polar surface area (TPSA) is 71.8 Å². The van der Waals surface area contributed by atoms with Crippen LogP contribution in [0.15, 0.2) is 53.1 Å². The molecule has 1 aromatic heterocycles. The number of hydrogen-bond acceptors (Lipinski definition) is 4. The van der Waals surface area contributed by atoms with Gasteiger partial charge < -0.3 is 19.4 Å². The minimum Gasteiger partial charge on any atom is -0.467 e. The second-order valence-corrected chi connectivity index (χ2v) is 5.33. The summed E-state index contributed by atoms with van der Waals surface area (Å²) in [5.41, 5.74) is 0.911. The molecule has 0 aliphatic heterocycles. The molecule has 0 fully saturated rings. The van der Waals surface area contributed by atoms with Crippen molar-refractivity contribution in [2.75, 3.05) is 26.8 Å². The molecule has 0 radical (unpaired) electrons. The maximum absolute atomic E-state index is 12.3. The third-order valence-electron chi connectivity index (χ3n) is 3.49. The summed E-state index contributed by atoms with van der Waals surface area (Å²) >= 11 is 0. The minimum absolute atomic E-state index is 0.0455. The summed E-state index contributed by atoms with van der Waals surface area (Å²) in [6.07, 6.45) is 1.82. The van der Waals surface area contributed by atoms with E-state index in [9.17, 15) is 9.59 Å². The van der Waals surface area contributed by atoms with Crippen LogP contribution >= 0.6 is 0 Å². The predicted octanol–water partition coefficient (Wildman–Crippen LogP) is 1.61. The fraction of sp³-hybridized carbons (Fsp3) is 0.333. The number of benzene rings is 1. The quantitative estimate of drug-likeness (QED) is 0.758. The van der Waals surface area contributed by atoms with Gasteiger partial charge in [0.05, 0.1) is 32.4 Å². The van der Waals surface area contributed by atoms with Gasteiger partial charge in [0, 0.05) is 13.7 Å². The van der Waals surface area contributed by atoms with Gasteiger partial charge in [-0.3, -0.25) is 9.59 Å². The zero-order chi connectivity index (χ0) is 17.2. The van der Waals surface area contributed by atoms with E-state index in [1.54, 1.807) is 30.4 Å². The van der Waals surface area contributed by atoms with Gasteiger partial charge in [0.25, 0.3) is 0 Å². The molecule has 1 heterocycles. The van der Waals surface area contributed by atoms with Crippen molar-refractivity contribution in [2.45, 2.75) is 13.0 Å². The Morgan fingerprint density at radius 3 is 2.62 bits per heavy atom. The van der Waals surface area contributed by atoms with Crippen molar-refractivity contribution < 1.29 is 18.7 Å². The van der Waals surface area contributed by atoms with Crippen molar-refractivity contribution in [1.82, 2.24) is 10.2 Å². The molecule has 2 rings (SSSR count). The lowest BCUT2D eigenvalue weighted by molar-refractivity contribution is -0.134. The van der Waals surface area contributed by atoms with Crippen molar-refractivity contribution in [3.8, 4) is 0 Å². The van der Waals surface area contributed by atoms with Crippen LogP contribution in [0.5, 0.6) is 0 Å². The molecule has 128 valence electrons. The fourth-order valence-electron chi connectivity index (χ4n) is 2.21. The van der Waals surface area contributed by atoms with E-state index < -0.39 is 0 Å². The molecule has 6 heteroatoms. The largest absolute Gasteiger partial charge is 0.467 e. The Morgan fingerprint density at radius 1 is 1.17 bits per heavy atom. The van der Waals surface area contributed by atoms with Crippen LogP contribution in [0, 0.1) is 0 Å². The van der Waals surface area contributed by atoms with Gasteiger partial charge in [-0.1, -0.05) is 30.3 Å². The standard InChI is InChI=1S/C18H22N2O4/c1-23-11-9-20(14-16-8-5-10-24-16)18(22)13-19-17(21)12-15-6-3-2-4-7-15/h2-8,10H,9,11-14H2,1H3,(H,19,21). The number of carbonyl (C=O) groups excluding carboxylic acids is 2. The van der Waals surface area contributed by atoms with Crippen LogP contribution in [-0.4, -0.2) is 43.5 Å². The smallest absolute Gasteiger partial charge is 0.242 e. The lowest BCUT2D eigenvalue weighted by atomic mass is 10.1. The Hall–Kier alpha value is -2.60. The van der Waals surface area contributed by atoms with E-state index in [-0.39, 0.29) is 24.8 Å². The predicted molar refractivity (Wildman–Crippen MR) is 89.2 cm³/mol. The average molecular weight is 330 g/mol. The van der Waals surface area contributed by atoms with Gasteiger partial charge in [-0.25, -0.2) is 0 Å². The van der Waals surface area contributed by atoms with Crippen molar-refractivity contribution in [3.05, 3.63) is 60.1 Å². The molecule has 0 saturated carbocycles. The summed E-state index contributed by atoms with van der Waals surface area (Å²) in [7, 11) is 1.58. The molecular formula is C18H22N2O4. The van der Waals surface area contributed by atoms with Gasteiger partial charge in [-0.2, -0.15) is 0 Å². The van der Waals surface area contributed by atoms with Gasteiger partial charge in [-0.15, -0.1) is 0 Å². The van der Waals surface area contributed by atoms with E-state index in [2.05, 4.69) is 5.32 Å². The van der Waals surface area contributed by atoms with Gasteiger partial charge in [0.1, 0.15) is 5.76 Å². The second kappa shape index (κ2) is 9.52. The van der Waals surface area contributed by atoms with E-state index in [1.807, 2.05) is 30.3 Å². The molecule has 0 atom stereocenters. The van der Waals surface area contributed by atoms with Crippen molar-refractivity contribution in [3.63, 3.8) is 0 Å². The molecule has 0 unspecified atom stereocenters. The number of rotatable bonds is 9. The van der Waals surface area contributed by atoms with E-state index >= 15 is 0 Å². The van der Waals surface area contributed by atoms with Crippen LogP contribution in [-0.2, 0) is 27.3 Å². The molecule has 1 aromatic carbocycles. The Bertz CT molecular complexity index is 626. The molecule has 0 saturated heterocycles. The van der Waals surface area contributed by atoms with Crippen LogP contribution in [0.4, 0.5) is 0 Å². The van der Waals surface area contributed by atoms with Crippen LogP contribution in [0.25, 0.3) is 0 Å². The van der Waals surface area contributed by atoms with Crippen molar-refractivity contribution in [1.29, 1.82) is 0 Å². The van der Waals surface area contributed by atoms with Crippen molar-refractivity contribution >= 4 is 11.8 Å². The number of amides is 2. The molecule has 0 spiro atoms. The molecule has 24 heavy (non-hydrogen) atoms. The summed E-state index contributed by atoms with van der Waals surface area (Å²) in [5.74, 6) is 0.333. The Balaban J connectivity index is 1.83. The van der Waals surface area contributed by atoms with Gasteiger partial charge in [0.15, 0.2) is 0 Å². The fourth-order valence-corrected chi connectivity index (χ4v) is 2.21. The highest BCUT2D eigenvalue weighted by Gasteiger charge is 2.16. The summed E-state index contributed by atoms with van der Waals surface area (Å²) < 4.78 is 10.3. The monoisotopic (exact) mass is 330 g/mol. The normalized spacial score (nSPS) is 10.4. The van der Waals surface area contributed by atoms with Crippen LogP contribution in [0.1, 0.15) is 11.3 Å². The number of ether oxygens (including phenoxy) is 1. The third-order valence-corrected chi connectivity index (χ3v) is 3.49. The molecule has 6 nitrogen and oxygen atoms in total. The number of nitrogens with one attached hydrogen (secondary N) is 1. The van der Waals surface area contributed by atoms with Crippen molar-refractivity contribution in [2.24, 2.45) is 0 Å². The van der Waals surface area contributed by atoms with Gasteiger partial charge >= 0.3 is 0 Å². The molecule has 0 aliphatic rings. The number of carbonyl (C=O) groups is 2. The first-order chi connectivity index (χ1) is 11.7. The maximum Gasteiger partial charge on any atom is 0.242 e. The van der Waals surface area contributed by atoms with Crippen LogP contribution in [0.2, 0.25) is 0 Å². The third kappa shape index (κ3) is 5.89. The average Bonchev–Trinajstić information content (AvgIpc) is 3.10. The number of hydrogen-bond donors (Lipinski definition) is 1. The first-order valence-corrected chi connectivity index (χ1v) is 7.78. The molecule has 2 amide bonds. The van der Waals surface area contributed by atoms with E-state index in [0.717, 1.165) is 5.56 Å². The highest BCUT2D eigenvalue weighted by molar-refractivity contribution is 5.85. The molecule has 0 aliphatic carbocycles. The highest BCUT2D eigenvalue weighted by atomic mass is 16.5.